The van der Waals surface area contributed by atoms with Crippen LogP contribution in [0, 0.1) is 0 Å². The van der Waals surface area contributed by atoms with Crippen molar-refractivity contribution in [1.29, 1.82) is 0 Å². The second-order valence-corrected chi connectivity index (χ2v) is 18.0. The average molecular weight is 888 g/mol. The number of amides is 2. The molecule has 1 saturated carbocycles. The number of imidazole rings is 1. The maximum absolute atomic E-state index is 13.2. The normalized spacial score (nSPS) is 21.0. The molecule has 0 spiro atoms. The Bertz CT molecular complexity index is 2480. The Morgan fingerprint density at radius 2 is 1.59 bits per heavy atom. The Labute approximate surface area is 371 Å². The maximum atomic E-state index is 13.2. The number of rotatable bonds is 16. The first-order valence-corrected chi connectivity index (χ1v) is 22.7. The highest BCUT2D eigenvalue weighted by molar-refractivity contribution is 6.00. The van der Waals surface area contributed by atoms with Gasteiger partial charge in [-0.3, -0.25) is 28.5 Å². The molecule has 14 nitrogen and oxygen atoms in total. The Hall–Kier alpha value is -5.10. The van der Waals surface area contributed by atoms with Gasteiger partial charge in [0.2, 0.25) is 11.9 Å². The summed E-state index contributed by atoms with van der Waals surface area (Å²) in [4.78, 5) is 53.3. The van der Waals surface area contributed by atoms with Crippen molar-refractivity contribution < 1.29 is 32.6 Å². The average Bonchev–Trinajstić information content (AvgIpc) is 3.76. The number of alkyl halides is 3. The zero-order valence-corrected chi connectivity index (χ0v) is 37.0. The molecule has 0 bridgehead atoms. The molecule has 2 N–H and O–H groups in total. The summed E-state index contributed by atoms with van der Waals surface area (Å²) in [5.74, 6) is -0.398. The number of likely N-dealkylation sites (N-methyl/N-ethyl adjacent to an activating group) is 1. The molecule has 2 amide bonds. The lowest BCUT2D eigenvalue weighted by atomic mass is 9.93. The number of ether oxygens (including phenoxy) is 1. The number of carbonyl (C=O) groups is 2. The first kappa shape index (κ1) is 45.5. The first-order valence-electron chi connectivity index (χ1n) is 22.7. The number of fused-ring (bicyclic) bond motifs is 2. The van der Waals surface area contributed by atoms with E-state index in [2.05, 4.69) is 55.1 Å². The number of carbonyl (C=O) groups excluding carboxylic acids is 2. The van der Waals surface area contributed by atoms with Crippen molar-refractivity contribution in [3.63, 3.8) is 0 Å². The van der Waals surface area contributed by atoms with Gasteiger partial charge in [-0.2, -0.15) is 18.2 Å². The lowest BCUT2D eigenvalue weighted by Crippen LogP contribution is -2.46. The molecule has 3 aliphatic rings. The van der Waals surface area contributed by atoms with Gasteiger partial charge in [0.05, 0.1) is 23.6 Å². The summed E-state index contributed by atoms with van der Waals surface area (Å²) < 4.78 is 50.4. The number of nitrogens with zero attached hydrogens (tertiary/aromatic N) is 8. The Balaban J connectivity index is 0.777. The number of piperidine rings is 1. The van der Waals surface area contributed by atoms with Crippen LogP contribution in [0.5, 0.6) is 0 Å². The highest BCUT2D eigenvalue weighted by atomic mass is 19.4. The van der Waals surface area contributed by atoms with Gasteiger partial charge < -0.3 is 24.6 Å². The summed E-state index contributed by atoms with van der Waals surface area (Å²) in [6.07, 6.45) is 4.36. The van der Waals surface area contributed by atoms with Crippen LogP contribution in [-0.2, 0) is 34.3 Å². The predicted octanol–water partition coefficient (Wildman–Crippen LogP) is 6.46. The molecular formula is C47H60F3N9O5. The SMILES string of the molecule is C[C@@H](CC(F)(F)F)Nc1ncc2c(-c3ccc(CN4CCN(CCCOCCCc5ccc6c(c5)n(C)c(=O)n6C5CCC(=O)N(C)C5=O)CC4)cc3)cn(C3CCC(O)CC3)c2n1. The van der Waals surface area contributed by atoms with Gasteiger partial charge in [-0.1, -0.05) is 30.3 Å². The Kier molecular flexibility index (Phi) is 13.9. The number of aliphatic hydroxyl groups excluding tert-OH is 1. The summed E-state index contributed by atoms with van der Waals surface area (Å²) >= 11 is 0. The number of aliphatic hydroxyl groups is 1. The minimum atomic E-state index is -4.29. The van der Waals surface area contributed by atoms with Gasteiger partial charge in [0.1, 0.15) is 11.7 Å². The van der Waals surface area contributed by atoms with E-state index in [4.69, 9.17) is 9.72 Å². The largest absolute Gasteiger partial charge is 0.393 e. The second-order valence-electron chi connectivity index (χ2n) is 18.0. The van der Waals surface area contributed by atoms with E-state index in [0.29, 0.717) is 43.6 Å². The fourth-order valence-corrected chi connectivity index (χ4v) is 9.66. The summed E-state index contributed by atoms with van der Waals surface area (Å²) in [5.41, 5.74) is 6.22. The van der Waals surface area contributed by atoms with Crippen molar-refractivity contribution in [2.75, 3.05) is 58.3 Å². The molecule has 3 fully saturated rings. The number of piperazine rings is 1. The number of aryl methyl sites for hydroxylation is 2. The molecule has 1 unspecified atom stereocenters. The summed E-state index contributed by atoms with van der Waals surface area (Å²) in [6, 6.07) is 13.1. The lowest BCUT2D eigenvalue weighted by molar-refractivity contribution is -0.149. The van der Waals surface area contributed by atoms with E-state index in [1.807, 2.05) is 18.2 Å². The van der Waals surface area contributed by atoms with Crippen molar-refractivity contribution in [3.05, 3.63) is 76.5 Å². The molecule has 2 saturated heterocycles. The maximum Gasteiger partial charge on any atom is 0.391 e. The van der Waals surface area contributed by atoms with Gasteiger partial charge in [-0.15, -0.1) is 0 Å². The van der Waals surface area contributed by atoms with Crippen LogP contribution >= 0.6 is 0 Å². The number of imide groups is 1. The number of nitrogens with one attached hydrogen (secondary N) is 1. The van der Waals surface area contributed by atoms with E-state index in [0.717, 1.165) is 104 Å². The van der Waals surface area contributed by atoms with Gasteiger partial charge in [-0.05, 0) is 87.1 Å². The van der Waals surface area contributed by atoms with E-state index in [-0.39, 0.29) is 42.0 Å². The number of hydrogen-bond donors (Lipinski definition) is 2. The summed E-state index contributed by atoms with van der Waals surface area (Å²) in [7, 11) is 3.19. The molecule has 0 radical (unpaired) electrons. The lowest BCUT2D eigenvalue weighted by Gasteiger charge is -2.34. The molecule has 2 aromatic carbocycles. The van der Waals surface area contributed by atoms with E-state index < -0.39 is 24.7 Å². The van der Waals surface area contributed by atoms with Crippen LogP contribution < -0.4 is 11.0 Å². The number of aromatic nitrogens is 5. The van der Waals surface area contributed by atoms with Crippen molar-refractivity contribution in [2.24, 2.45) is 7.05 Å². The summed E-state index contributed by atoms with van der Waals surface area (Å²) in [6.45, 7) is 8.62. The third-order valence-corrected chi connectivity index (χ3v) is 13.3. The molecule has 5 aromatic rings. The zero-order valence-electron chi connectivity index (χ0n) is 37.0. The van der Waals surface area contributed by atoms with Crippen molar-refractivity contribution in [1.82, 2.24) is 38.4 Å². The van der Waals surface area contributed by atoms with Crippen LogP contribution in [-0.4, -0.2) is 127 Å². The van der Waals surface area contributed by atoms with E-state index in [1.165, 1.54) is 24.1 Å². The van der Waals surface area contributed by atoms with Crippen LogP contribution in [0.1, 0.15) is 87.9 Å². The minimum absolute atomic E-state index is 0.126. The number of benzene rings is 2. The standard InChI is InChI=1S/C47H60F3N9O5/c1-31(27-47(48,49)50)52-45-51-28-37-38(30-58(43(37)53-45)35-12-14-36(60)15-13-35)34-10-7-33(8-11-34)29-57-22-20-56(21-23-57)19-5-25-64-24-4-6-32-9-16-39-41(26-32)54(2)46(63)59(39)40-17-18-42(61)55(3)44(40)62/h7-11,16,26,28,30-31,35-36,40,60H,4-6,12-15,17-25,27,29H2,1-3H3,(H,51,52,53)/t31-,35?,36?,40?/m0/s1. The van der Waals surface area contributed by atoms with Crippen molar-refractivity contribution in [3.8, 4) is 11.1 Å². The molecule has 64 heavy (non-hydrogen) atoms. The van der Waals surface area contributed by atoms with Gasteiger partial charge >= 0.3 is 11.9 Å². The number of likely N-dealkylation sites (tertiary alicyclic amines) is 1. The number of hydrogen-bond acceptors (Lipinski definition) is 10. The second kappa shape index (κ2) is 19.6. The quantitative estimate of drug-likeness (QED) is 0.0838. The number of halogens is 3. The van der Waals surface area contributed by atoms with Crippen molar-refractivity contribution >= 4 is 39.8 Å². The Morgan fingerprint density at radius 3 is 2.33 bits per heavy atom. The van der Waals surface area contributed by atoms with Crippen molar-refractivity contribution in [2.45, 2.75) is 108 Å². The molecule has 5 heterocycles. The number of anilines is 1. The highest BCUT2D eigenvalue weighted by Crippen LogP contribution is 2.37. The topological polar surface area (TPSA) is 143 Å². The van der Waals surface area contributed by atoms with Gasteiger partial charge in [-0.25, -0.2) is 9.78 Å². The van der Waals surface area contributed by atoms with E-state index in [9.17, 15) is 32.7 Å². The highest BCUT2D eigenvalue weighted by Gasteiger charge is 2.35. The van der Waals surface area contributed by atoms with Crippen LogP contribution in [0.15, 0.2) is 59.7 Å². The molecule has 17 heteroatoms. The fraction of sp³-hybridized carbons (Fsp3) is 0.553. The van der Waals surface area contributed by atoms with Crippen LogP contribution in [0.4, 0.5) is 19.1 Å². The molecule has 2 atom stereocenters. The van der Waals surface area contributed by atoms with Crippen LogP contribution in [0.25, 0.3) is 33.2 Å². The van der Waals surface area contributed by atoms with E-state index in [1.54, 1.807) is 17.8 Å². The van der Waals surface area contributed by atoms with E-state index >= 15 is 0 Å². The molecule has 1 aliphatic carbocycles. The van der Waals surface area contributed by atoms with Gasteiger partial charge in [0, 0.05) is 108 Å². The van der Waals surface area contributed by atoms with Crippen LogP contribution in [0.3, 0.4) is 0 Å². The molecule has 3 aromatic heterocycles. The Morgan fingerprint density at radius 1 is 0.891 bits per heavy atom. The predicted molar refractivity (Wildman–Crippen MR) is 239 cm³/mol. The monoisotopic (exact) mass is 887 g/mol. The summed E-state index contributed by atoms with van der Waals surface area (Å²) in [5, 5.41) is 13.8. The first-order chi connectivity index (χ1) is 30.7. The molecule has 344 valence electrons. The molecule has 2 aliphatic heterocycles. The minimum Gasteiger partial charge on any atom is -0.393 e. The third kappa shape index (κ3) is 10.4. The molecule has 8 rings (SSSR count). The third-order valence-electron chi connectivity index (χ3n) is 13.3. The van der Waals surface area contributed by atoms with Crippen LogP contribution in [0.2, 0.25) is 0 Å². The smallest absolute Gasteiger partial charge is 0.391 e. The molecular weight excluding hydrogens is 828 g/mol. The zero-order chi connectivity index (χ0) is 45.1. The van der Waals surface area contributed by atoms with Gasteiger partial charge in [0.15, 0.2) is 0 Å². The van der Waals surface area contributed by atoms with Gasteiger partial charge in [0.25, 0.3) is 5.91 Å². The fourth-order valence-electron chi connectivity index (χ4n) is 9.66.